The summed E-state index contributed by atoms with van der Waals surface area (Å²) in [6.45, 7) is 0. The van der Waals surface area contributed by atoms with E-state index in [1.807, 2.05) is 30.3 Å². The van der Waals surface area contributed by atoms with Gasteiger partial charge in [-0.1, -0.05) is 30.3 Å². The molecule has 0 saturated carbocycles. The molecule has 1 aromatic rings. The van der Waals surface area contributed by atoms with Crippen molar-refractivity contribution < 1.29 is 14.7 Å². The zero-order chi connectivity index (χ0) is 12.1. The third kappa shape index (κ3) is 3.24. The topological polar surface area (TPSA) is 57.6 Å². The van der Waals surface area contributed by atoms with Crippen LogP contribution in [0.15, 0.2) is 30.3 Å². The van der Waals surface area contributed by atoms with Crippen molar-refractivity contribution in [2.75, 3.05) is 7.05 Å². The highest BCUT2D eigenvalue weighted by Crippen LogP contribution is 2.10. The van der Waals surface area contributed by atoms with E-state index in [0.29, 0.717) is 0 Å². The second kappa shape index (κ2) is 5.51. The zero-order valence-electron chi connectivity index (χ0n) is 8.76. The molecule has 1 N–H and O–H groups in total. The number of carbonyl (C=O) groups is 2. The van der Waals surface area contributed by atoms with Crippen LogP contribution in [0.3, 0.4) is 0 Å². The normalized spacial score (nSPS) is 11.9. The van der Waals surface area contributed by atoms with E-state index in [1.165, 1.54) is 7.05 Å². The van der Waals surface area contributed by atoms with Gasteiger partial charge in [0.25, 0.3) is 0 Å². The van der Waals surface area contributed by atoms with Gasteiger partial charge >= 0.3 is 11.3 Å². The second-order valence-electron chi connectivity index (χ2n) is 3.41. The predicted molar refractivity (Wildman–Crippen MR) is 60.6 cm³/mol. The maximum absolute atomic E-state index is 11.0. The van der Waals surface area contributed by atoms with E-state index in [9.17, 15) is 9.59 Å². The van der Waals surface area contributed by atoms with Crippen molar-refractivity contribution >= 4 is 22.9 Å². The van der Waals surface area contributed by atoms with Crippen molar-refractivity contribution in [3.8, 4) is 0 Å². The lowest BCUT2D eigenvalue weighted by molar-refractivity contribution is -0.141. The minimum atomic E-state index is -1.07. The Morgan fingerprint density at radius 1 is 1.38 bits per heavy atom. The minimum Gasteiger partial charge on any atom is -0.480 e. The first-order chi connectivity index (χ1) is 7.52. The fourth-order valence-corrected chi connectivity index (χ4v) is 1.47. The molecule has 0 aliphatic rings. The number of likely N-dealkylation sites (N-methyl/N-ethyl adjacent to an activating group) is 1. The lowest BCUT2D eigenvalue weighted by atomic mass is 10.1. The first-order valence-corrected chi connectivity index (χ1v) is 5.09. The molecule has 86 valence electrons. The van der Waals surface area contributed by atoms with Gasteiger partial charge in [-0.3, -0.25) is 4.79 Å². The standard InChI is InChI=1S/C11H12ClNO3/c1-13(11(12)16)9(10(14)15)7-8-5-3-2-4-6-8/h2-6,9H,7H2,1H3,(H,14,15). The zero-order valence-corrected chi connectivity index (χ0v) is 9.52. The summed E-state index contributed by atoms with van der Waals surface area (Å²) in [6.07, 6.45) is 0.241. The van der Waals surface area contributed by atoms with Crippen molar-refractivity contribution in [1.82, 2.24) is 4.90 Å². The van der Waals surface area contributed by atoms with Crippen molar-refractivity contribution in [3.05, 3.63) is 35.9 Å². The van der Waals surface area contributed by atoms with E-state index in [2.05, 4.69) is 0 Å². The van der Waals surface area contributed by atoms with Crippen LogP contribution in [0.4, 0.5) is 4.79 Å². The first-order valence-electron chi connectivity index (χ1n) is 4.71. The van der Waals surface area contributed by atoms with Crippen LogP contribution in [0.2, 0.25) is 0 Å². The van der Waals surface area contributed by atoms with Crippen LogP contribution in [0, 0.1) is 0 Å². The Kier molecular flexibility index (Phi) is 4.31. The van der Waals surface area contributed by atoms with Gasteiger partial charge in [-0.15, -0.1) is 0 Å². The number of benzene rings is 1. The maximum atomic E-state index is 11.0. The molecule has 0 fully saturated rings. The number of aliphatic carboxylic acids is 1. The van der Waals surface area contributed by atoms with E-state index in [4.69, 9.17) is 16.7 Å². The van der Waals surface area contributed by atoms with Crippen LogP contribution in [-0.2, 0) is 11.2 Å². The molecule has 1 amide bonds. The lowest BCUT2D eigenvalue weighted by Gasteiger charge is -2.22. The summed E-state index contributed by atoms with van der Waals surface area (Å²) >= 11 is 5.26. The van der Waals surface area contributed by atoms with Gasteiger partial charge in [-0.05, 0) is 17.2 Å². The molecule has 4 nitrogen and oxygen atoms in total. The Hall–Kier alpha value is -1.55. The number of carbonyl (C=O) groups excluding carboxylic acids is 1. The monoisotopic (exact) mass is 241 g/mol. The molecule has 1 unspecified atom stereocenters. The van der Waals surface area contributed by atoms with E-state index in [-0.39, 0.29) is 6.42 Å². The number of amides is 1. The summed E-state index contributed by atoms with van der Waals surface area (Å²) < 4.78 is 0. The van der Waals surface area contributed by atoms with Crippen LogP contribution in [0.25, 0.3) is 0 Å². The summed E-state index contributed by atoms with van der Waals surface area (Å²) in [5, 5.41) is 8.23. The highest BCUT2D eigenvalue weighted by molar-refractivity contribution is 6.62. The van der Waals surface area contributed by atoms with Gasteiger partial charge in [0.05, 0.1) is 0 Å². The summed E-state index contributed by atoms with van der Waals surface area (Å²) in [6, 6.07) is 8.15. The van der Waals surface area contributed by atoms with Gasteiger partial charge in [0.15, 0.2) is 0 Å². The third-order valence-corrected chi connectivity index (χ3v) is 2.57. The van der Waals surface area contributed by atoms with E-state index < -0.39 is 17.4 Å². The number of carboxylic acids is 1. The first kappa shape index (κ1) is 12.5. The molecule has 1 rings (SSSR count). The van der Waals surface area contributed by atoms with E-state index in [0.717, 1.165) is 10.5 Å². The average molecular weight is 242 g/mol. The fourth-order valence-electron chi connectivity index (χ4n) is 1.35. The van der Waals surface area contributed by atoms with E-state index >= 15 is 0 Å². The van der Waals surface area contributed by atoms with Gasteiger partial charge in [-0.25, -0.2) is 4.79 Å². The van der Waals surface area contributed by atoms with E-state index in [1.54, 1.807) is 0 Å². The molecule has 0 radical (unpaired) electrons. The molecule has 1 atom stereocenters. The molecule has 16 heavy (non-hydrogen) atoms. The van der Waals surface area contributed by atoms with Crippen molar-refractivity contribution in [2.45, 2.75) is 12.5 Å². The second-order valence-corrected chi connectivity index (χ2v) is 3.73. The summed E-state index contributed by atoms with van der Waals surface area (Å²) in [4.78, 5) is 22.9. The number of nitrogens with zero attached hydrogens (tertiary/aromatic N) is 1. The summed E-state index contributed by atoms with van der Waals surface area (Å²) in [5.74, 6) is -1.07. The quantitative estimate of drug-likeness (QED) is 0.648. The van der Waals surface area contributed by atoms with Crippen molar-refractivity contribution in [1.29, 1.82) is 0 Å². The van der Waals surface area contributed by atoms with Gasteiger partial charge in [0, 0.05) is 13.5 Å². The Labute approximate surface area is 98.4 Å². The third-order valence-electron chi connectivity index (χ3n) is 2.30. The Bertz CT molecular complexity index is 380. The molecule has 5 heteroatoms. The summed E-state index contributed by atoms with van der Waals surface area (Å²) in [7, 11) is 1.37. The smallest absolute Gasteiger partial charge is 0.326 e. The van der Waals surface area contributed by atoms with Crippen LogP contribution in [0.5, 0.6) is 0 Å². The number of hydrogen-bond acceptors (Lipinski definition) is 2. The number of carboxylic acid groups (broad SMARTS) is 1. The fraction of sp³-hybridized carbons (Fsp3) is 0.273. The highest BCUT2D eigenvalue weighted by atomic mass is 35.5. The molecular weight excluding hydrogens is 230 g/mol. The number of hydrogen-bond donors (Lipinski definition) is 1. The molecule has 0 aliphatic heterocycles. The summed E-state index contributed by atoms with van der Waals surface area (Å²) in [5.41, 5.74) is 0.847. The van der Waals surface area contributed by atoms with Crippen molar-refractivity contribution in [3.63, 3.8) is 0 Å². The highest BCUT2D eigenvalue weighted by Gasteiger charge is 2.25. The minimum absolute atomic E-state index is 0.241. The molecular formula is C11H12ClNO3. The van der Waals surface area contributed by atoms with Gasteiger partial charge in [0.2, 0.25) is 0 Å². The number of rotatable bonds is 4. The molecule has 0 aliphatic carbocycles. The van der Waals surface area contributed by atoms with Crippen LogP contribution >= 0.6 is 11.6 Å². The lowest BCUT2D eigenvalue weighted by Crippen LogP contribution is -2.41. The van der Waals surface area contributed by atoms with Crippen LogP contribution in [0.1, 0.15) is 5.56 Å². The van der Waals surface area contributed by atoms with Crippen LogP contribution < -0.4 is 0 Å². The Morgan fingerprint density at radius 3 is 2.38 bits per heavy atom. The Morgan fingerprint density at radius 2 is 1.94 bits per heavy atom. The molecule has 0 spiro atoms. The molecule has 1 aromatic carbocycles. The molecule has 0 heterocycles. The average Bonchev–Trinajstić information content (AvgIpc) is 2.26. The molecule has 0 bridgehead atoms. The predicted octanol–water partition coefficient (Wildman–Crippen LogP) is 1.97. The largest absolute Gasteiger partial charge is 0.480 e. The SMILES string of the molecule is CN(C(=O)Cl)C(Cc1ccccc1)C(=O)O. The van der Waals surface area contributed by atoms with Gasteiger partial charge < -0.3 is 10.0 Å². The van der Waals surface area contributed by atoms with Gasteiger partial charge in [-0.2, -0.15) is 0 Å². The Balaban J connectivity index is 2.81. The molecule has 0 aromatic heterocycles. The van der Waals surface area contributed by atoms with Crippen LogP contribution in [-0.4, -0.2) is 34.4 Å². The molecule has 0 saturated heterocycles. The maximum Gasteiger partial charge on any atom is 0.326 e. The van der Waals surface area contributed by atoms with Gasteiger partial charge in [0.1, 0.15) is 6.04 Å². The number of halogens is 1. The van der Waals surface area contributed by atoms with Crippen molar-refractivity contribution in [2.24, 2.45) is 0 Å².